The molecule has 3 heterocycles. The fraction of sp³-hybridized carbons (Fsp3) is 0.385. The second kappa shape index (κ2) is 4.89. The van der Waals surface area contributed by atoms with Crippen LogP contribution in [0.3, 0.4) is 0 Å². The van der Waals surface area contributed by atoms with E-state index in [4.69, 9.17) is 13.9 Å². The minimum Gasteiger partial charge on any atom is -0.481 e. The van der Waals surface area contributed by atoms with Crippen LogP contribution in [0.2, 0.25) is 0 Å². The Labute approximate surface area is 109 Å². The lowest BCUT2D eigenvalue weighted by Gasteiger charge is -2.25. The first-order chi connectivity index (χ1) is 9.28. The lowest BCUT2D eigenvalue weighted by molar-refractivity contribution is 0.0284. The highest BCUT2D eigenvalue weighted by atomic mass is 16.5. The normalized spacial score (nSPS) is 15.7. The highest BCUT2D eigenvalue weighted by Gasteiger charge is 2.22. The summed E-state index contributed by atoms with van der Waals surface area (Å²) in [6, 6.07) is 5.10. The molecule has 2 aromatic heterocycles. The number of amides is 1. The van der Waals surface area contributed by atoms with Crippen LogP contribution < -0.4 is 4.74 Å². The molecule has 1 aliphatic heterocycles. The molecule has 1 amide bonds. The summed E-state index contributed by atoms with van der Waals surface area (Å²) in [5, 5.41) is 0. The molecule has 2 aromatic rings. The number of fused-ring (bicyclic) bond motifs is 1. The number of rotatable bonds is 2. The summed E-state index contributed by atoms with van der Waals surface area (Å²) in [7, 11) is 1.55. The second-order valence-corrected chi connectivity index (χ2v) is 4.25. The van der Waals surface area contributed by atoms with Gasteiger partial charge in [0.2, 0.25) is 5.88 Å². The van der Waals surface area contributed by atoms with Gasteiger partial charge in [-0.2, -0.15) is 0 Å². The molecule has 0 spiro atoms. The van der Waals surface area contributed by atoms with Gasteiger partial charge in [-0.1, -0.05) is 0 Å². The molecule has 0 saturated carbocycles. The van der Waals surface area contributed by atoms with Crippen LogP contribution in [-0.2, 0) is 4.74 Å². The monoisotopic (exact) mass is 262 g/mol. The Kier molecular flexibility index (Phi) is 3.08. The summed E-state index contributed by atoms with van der Waals surface area (Å²) >= 11 is 0. The van der Waals surface area contributed by atoms with E-state index in [0.717, 1.165) is 0 Å². The smallest absolute Gasteiger partial charge is 0.289 e. The number of hydrogen-bond acceptors (Lipinski definition) is 5. The van der Waals surface area contributed by atoms with Crippen LogP contribution in [0.15, 0.2) is 22.6 Å². The van der Waals surface area contributed by atoms with Crippen LogP contribution in [0.5, 0.6) is 5.88 Å². The minimum absolute atomic E-state index is 0.125. The molecule has 100 valence electrons. The predicted molar refractivity (Wildman–Crippen MR) is 67.3 cm³/mol. The fourth-order valence-corrected chi connectivity index (χ4v) is 2.05. The summed E-state index contributed by atoms with van der Waals surface area (Å²) in [6.45, 7) is 2.31. The molecule has 1 aliphatic rings. The Morgan fingerprint density at radius 1 is 1.37 bits per heavy atom. The van der Waals surface area contributed by atoms with Gasteiger partial charge in [0.25, 0.3) is 5.91 Å². The Balaban J connectivity index is 1.89. The van der Waals surface area contributed by atoms with Crippen molar-refractivity contribution in [2.75, 3.05) is 33.4 Å². The highest BCUT2D eigenvalue weighted by molar-refractivity contribution is 5.95. The van der Waals surface area contributed by atoms with Gasteiger partial charge < -0.3 is 18.8 Å². The number of hydrogen-bond donors (Lipinski definition) is 0. The van der Waals surface area contributed by atoms with E-state index in [1.54, 1.807) is 30.2 Å². The largest absolute Gasteiger partial charge is 0.481 e. The van der Waals surface area contributed by atoms with E-state index in [1.807, 2.05) is 0 Å². The first kappa shape index (κ1) is 12.0. The summed E-state index contributed by atoms with van der Waals surface area (Å²) in [5.41, 5.74) is 1.20. The Hall–Kier alpha value is -2.08. The van der Waals surface area contributed by atoms with Crippen LogP contribution in [0.25, 0.3) is 11.1 Å². The zero-order valence-corrected chi connectivity index (χ0v) is 10.6. The lowest BCUT2D eigenvalue weighted by atomic mass is 10.3. The molecule has 0 aliphatic carbocycles. The molecule has 0 bridgehead atoms. The molecule has 3 rings (SSSR count). The number of furan rings is 1. The number of pyridine rings is 1. The van der Waals surface area contributed by atoms with Crippen LogP contribution in [0, 0.1) is 0 Å². The van der Waals surface area contributed by atoms with Gasteiger partial charge in [-0.05, 0) is 6.07 Å². The van der Waals surface area contributed by atoms with Crippen molar-refractivity contribution in [2.24, 2.45) is 0 Å². The first-order valence-corrected chi connectivity index (χ1v) is 6.09. The molecule has 1 fully saturated rings. The van der Waals surface area contributed by atoms with Gasteiger partial charge in [0.15, 0.2) is 11.3 Å². The van der Waals surface area contributed by atoms with Crippen molar-refractivity contribution in [1.29, 1.82) is 0 Å². The number of methoxy groups -OCH3 is 1. The summed E-state index contributed by atoms with van der Waals surface area (Å²) in [6.07, 6.45) is 0. The summed E-state index contributed by atoms with van der Waals surface area (Å²) in [5.74, 6) is 0.677. The third kappa shape index (κ3) is 2.26. The zero-order valence-electron chi connectivity index (χ0n) is 10.6. The average Bonchev–Trinajstić information content (AvgIpc) is 2.90. The van der Waals surface area contributed by atoms with Crippen LogP contribution >= 0.6 is 0 Å². The highest BCUT2D eigenvalue weighted by Crippen LogP contribution is 2.21. The Morgan fingerprint density at radius 2 is 2.16 bits per heavy atom. The molecule has 0 unspecified atom stereocenters. The average molecular weight is 262 g/mol. The molecule has 1 saturated heterocycles. The summed E-state index contributed by atoms with van der Waals surface area (Å²) in [4.78, 5) is 18.2. The van der Waals surface area contributed by atoms with Crippen molar-refractivity contribution in [3.63, 3.8) is 0 Å². The predicted octanol–water partition coefficient (Wildman–Crippen LogP) is 1.31. The number of ether oxygens (including phenoxy) is 2. The topological polar surface area (TPSA) is 64.8 Å². The minimum atomic E-state index is -0.125. The summed E-state index contributed by atoms with van der Waals surface area (Å²) < 4.78 is 15.8. The zero-order chi connectivity index (χ0) is 13.2. The van der Waals surface area contributed by atoms with Gasteiger partial charge in [0, 0.05) is 25.2 Å². The number of nitrogens with zero attached hydrogens (tertiary/aromatic N) is 2. The fourth-order valence-electron chi connectivity index (χ4n) is 2.05. The van der Waals surface area contributed by atoms with Crippen molar-refractivity contribution >= 4 is 17.0 Å². The lowest BCUT2D eigenvalue weighted by Crippen LogP contribution is -2.40. The van der Waals surface area contributed by atoms with Crippen LogP contribution in [0.1, 0.15) is 10.6 Å². The first-order valence-electron chi connectivity index (χ1n) is 6.09. The molecule has 6 heteroatoms. The van der Waals surface area contributed by atoms with Crippen molar-refractivity contribution in [3.05, 3.63) is 24.0 Å². The number of morpholine rings is 1. The van der Waals surface area contributed by atoms with Gasteiger partial charge in [0.1, 0.15) is 5.52 Å². The van der Waals surface area contributed by atoms with Gasteiger partial charge in [-0.3, -0.25) is 4.79 Å². The number of carbonyl (C=O) groups excluding carboxylic acids is 1. The SMILES string of the molecule is COc1ccc2oc(C(=O)N3CCOCC3)cc2n1. The van der Waals surface area contributed by atoms with Gasteiger partial charge in [-0.15, -0.1) is 0 Å². The number of aromatic nitrogens is 1. The van der Waals surface area contributed by atoms with Gasteiger partial charge >= 0.3 is 0 Å². The van der Waals surface area contributed by atoms with E-state index in [2.05, 4.69) is 4.98 Å². The molecule has 0 aromatic carbocycles. The maximum Gasteiger partial charge on any atom is 0.289 e. The molecular weight excluding hydrogens is 248 g/mol. The Bertz CT molecular complexity index is 602. The van der Waals surface area contributed by atoms with Crippen molar-refractivity contribution in [1.82, 2.24) is 9.88 Å². The van der Waals surface area contributed by atoms with E-state index in [9.17, 15) is 4.79 Å². The maximum absolute atomic E-state index is 12.2. The standard InChI is InChI=1S/C13H14N2O4/c1-17-12-3-2-10-9(14-12)8-11(19-10)13(16)15-4-6-18-7-5-15/h2-3,8H,4-7H2,1H3. The molecule has 19 heavy (non-hydrogen) atoms. The molecule has 0 atom stereocenters. The van der Waals surface area contributed by atoms with Crippen molar-refractivity contribution in [2.45, 2.75) is 0 Å². The molecule has 0 radical (unpaired) electrons. The van der Waals surface area contributed by atoms with E-state index in [0.29, 0.717) is 49.0 Å². The maximum atomic E-state index is 12.2. The van der Waals surface area contributed by atoms with E-state index >= 15 is 0 Å². The second-order valence-electron chi connectivity index (χ2n) is 4.25. The van der Waals surface area contributed by atoms with E-state index in [1.165, 1.54) is 0 Å². The van der Waals surface area contributed by atoms with Crippen LogP contribution in [-0.4, -0.2) is 49.2 Å². The quantitative estimate of drug-likeness (QED) is 0.816. The molecule has 0 N–H and O–H groups in total. The molecule has 6 nitrogen and oxygen atoms in total. The van der Waals surface area contributed by atoms with Crippen LogP contribution in [0.4, 0.5) is 0 Å². The molecular formula is C13H14N2O4. The third-order valence-electron chi connectivity index (χ3n) is 3.07. The van der Waals surface area contributed by atoms with Crippen molar-refractivity contribution in [3.8, 4) is 5.88 Å². The third-order valence-corrected chi connectivity index (χ3v) is 3.07. The van der Waals surface area contributed by atoms with E-state index in [-0.39, 0.29) is 5.91 Å². The van der Waals surface area contributed by atoms with Crippen molar-refractivity contribution < 1.29 is 18.7 Å². The van der Waals surface area contributed by atoms with Gasteiger partial charge in [0.05, 0.1) is 20.3 Å². The van der Waals surface area contributed by atoms with Gasteiger partial charge in [-0.25, -0.2) is 4.98 Å². The number of carbonyl (C=O) groups is 1. The Morgan fingerprint density at radius 3 is 2.89 bits per heavy atom. The van der Waals surface area contributed by atoms with E-state index < -0.39 is 0 Å².